The van der Waals surface area contributed by atoms with Crippen molar-refractivity contribution in [3.63, 3.8) is 0 Å². The quantitative estimate of drug-likeness (QED) is 0.455. The Morgan fingerprint density at radius 2 is 1.42 bits per heavy atom. The first-order valence-corrected chi connectivity index (χ1v) is 9.66. The van der Waals surface area contributed by atoms with Crippen LogP contribution < -0.4 is 22.3 Å². The van der Waals surface area contributed by atoms with Gasteiger partial charge in [0.2, 0.25) is 0 Å². The van der Waals surface area contributed by atoms with E-state index in [9.17, 15) is 4.79 Å². The maximum atomic E-state index is 12.6. The van der Waals surface area contributed by atoms with Gasteiger partial charge in [0.15, 0.2) is 11.5 Å². The number of imidazole rings is 1. The van der Waals surface area contributed by atoms with Gasteiger partial charge in [-0.05, 0) is 36.4 Å². The van der Waals surface area contributed by atoms with Crippen molar-refractivity contribution in [2.45, 2.75) is 35.1 Å². The lowest BCUT2D eigenvalue weighted by Gasteiger charge is -2.08. The van der Waals surface area contributed by atoms with Crippen LogP contribution in [0.2, 0.25) is 0 Å². The van der Waals surface area contributed by atoms with Gasteiger partial charge in [-0.15, -0.1) is 0 Å². The molecule has 2 aromatic heterocycles. The number of fused-ring (bicyclic) bond motifs is 1. The number of ether oxygens (including phenoxy) is 1. The van der Waals surface area contributed by atoms with E-state index in [1.807, 2.05) is 58.0 Å². The molecule has 8 nitrogen and oxygen atoms in total. The summed E-state index contributed by atoms with van der Waals surface area (Å²) in [5.41, 5.74) is 7.37. The average molecular weight is 427 g/mol. The highest BCUT2D eigenvalue weighted by Gasteiger charge is 2.16. The SMILES string of the molecule is C.CC.CC.Cn1c(=O)n(-c2ccc(Oc3ccccc3)cc2)c2c(N)ncnc21.N. The lowest BCUT2D eigenvalue weighted by atomic mass is 10.3. The number of aryl methyl sites for hydroxylation is 1. The molecule has 0 radical (unpaired) electrons. The Kier molecular flexibility index (Phi) is 11.3. The Balaban J connectivity index is 0.00000142. The Hall–Kier alpha value is -3.65. The van der Waals surface area contributed by atoms with Gasteiger partial charge in [-0.1, -0.05) is 53.3 Å². The van der Waals surface area contributed by atoms with Crippen molar-refractivity contribution in [3.05, 3.63) is 71.4 Å². The lowest BCUT2D eigenvalue weighted by Crippen LogP contribution is -2.21. The van der Waals surface area contributed by atoms with E-state index in [2.05, 4.69) is 9.97 Å². The second-order valence-corrected chi connectivity index (χ2v) is 5.52. The molecule has 31 heavy (non-hydrogen) atoms. The number of rotatable bonds is 3. The van der Waals surface area contributed by atoms with E-state index < -0.39 is 0 Å². The van der Waals surface area contributed by atoms with Crippen LogP contribution in [0.5, 0.6) is 11.5 Å². The van der Waals surface area contributed by atoms with Gasteiger partial charge < -0.3 is 16.6 Å². The fourth-order valence-corrected chi connectivity index (χ4v) is 2.71. The van der Waals surface area contributed by atoms with Gasteiger partial charge in [-0.2, -0.15) is 0 Å². The van der Waals surface area contributed by atoms with Gasteiger partial charge in [0.25, 0.3) is 0 Å². The van der Waals surface area contributed by atoms with Crippen molar-refractivity contribution in [3.8, 4) is 17.2 Å². The van der Waals surface area contributed by atoms with Crippen molar-refractivity contribution in [2.24, 2.45) is 7.05 Å². The van der Waals surface area contributed by atoms with E-state index in [0.29, 0.717) is 22.6 Å². The largest absolute Gasteiger partial charge is 0.457 e. The molecule has 2 heterocycles. The van der Waals surface area contributed by atoms with E-state index in [1.165, 1.54) is 15.5 Å². The Bertz CT molecular complexity index is 1100. The minimum absolute atomic E-state index is 0. The van der Waals surface area contributed by atoms with Crippen LogP contribution in [0.15, 0.2) is 65.7 Å². The van der Waals surface area contributed by atoms with E-state index in [4.69, 9.17) is 10.5 Å². The fraction of sp³-hybridized carbons (Fsp3) is 0.261. The van der Waals surface area contributed by atoms with Crippen molar-refractivity contribution < 1.29 is 4.74 Å². The molecule has 0 fully saturated rings. The number of nitrogen functional groups attached to an aromatic ring is 1. The van der Waals surface area contributed by atoms with Gasteiger partial charge in [0.05, 0.1) is 5.69 Å². The van der Waals surface area contributed by atoms with Crippen LogP contribution in [0, 0.1) is 0 Å². The molecule has 4 aromatic rings. The lowest BCUT2D eigenvalue weighted by molar-refractivity contribution is 0.482. The first kappa shape index (κ1) is 27.4. The van der Waals surface area contributed by atoms with Crippen LogP contribution in [0.3, 0.4) is 0 Å². The maximum absolute atomic E-state index is 12.6. The number of anilines is 1. The Morgan fingerprint density at radius 3 is 2.00 bits per heavy atom. The normalized spacial score (nSPS) is 9.19. The van der Waals surface area contributed by atoms with Gasteiger partial charge in [-0.25, -0.2) is 14.8 Å². The van der Waals surface area contributed by atoms with E-state index in [0.717, 1.165) is 5.75 Å². The number of para-hydroxylation sites is 1. The third kappa shape index (κ3) is 5.70. The van der Waals surface area contributed by atoms with Crippen LogP contribution in [0.25, 0.3) is 16.9 Å². The first-order valence-electron chi connectivity index (χ1n) is 9.66. The minimum Gasteiger partial charge on any atom is -0.457 e. The van der Waals surface area contributed by atoms with Crippen LogP contribution in [0.1, 0.15) is 35.1 Å². The number of nitrogens with two attached hydrogens (primary N) is 1. The van der Waals surface area contributed by atoms with Gasteiger partial charge >= 0.3 is 5.69 Å². The third-order valence-electron chi connectivity index (χ3n) is 3.92. The van der Waals surface area contributed by atoms with E-state index in [1.54, 1.807) is 31.3 Å². The maximum Gasteiger partial charge on any atom is 0.334 e. The number of hydrogen-bond donors (Lipinski definition) is 2. The fourth-order valence-electron chi connectivity index (χ4n) is 2.71. The monoisotopic (exact) mass is 426 g/mol. The summed E-state index contributed by atoms with van der Waals surface area (Å²) < 4.78 is 8.72. The molecule has 0 bridgehead atoms. The van der Waals surface area contributed by atoms with Gasteiger partial charge in [-0.3, -0.25) is 9.13 Å². The number of hydrogen-bond acceptors (Lipinski definition) is 6. The van der Waals surface area contributed by atoms with Crippen LogP contribution in [0.4, 0.5) is 5.82 Å². The van der Waals surface area contributed by atoms with Gasteiger partial charge in [0.1, 0.15) is 23.3 Å². The third-order valence-corrected chi connectivity index (χ3v) is 3.92. The van der Waals surface area contributed by atoms with E-state index >= 15 is 0 Å². The predicted molar refractivity (Wildman–Crippen MR) is 129 cm³/mol. The summed E-state index contributed by atoms with van der Waals surface area (Å²) in [6.45, 7) is 8.00. The summed E-state index contributed by atoms with van der Waals surface area (Å²) in [6, 6.07) is 16.7. The molecule has 0 saturated carbocycles. The highest BCUT2D eigenvalue weighted by atomic mass is 16.5. The summed E-state index contributed by atoms with van der Waals surface area (Å²) in [7, 11) is 1.65. The molecule has 0 spiro atoms. The van der Waals surface area contributed by atoms with Crippen molar-refractivity contribution in [2.75, 3.05) is 5.73 Å². The molecule has 0 amide bonds. The standard InChI is InChI=1S/C18H15N5O2.2C2H6.CH4.H3N/c1-22-17-15(16(19)20-11-21-17)23(18(22)24)12-7-9-14(10-8-12)25-13-5-3-2-4-6-13;2*1-2;;/h2-11H,1H3,(H2,19,20,21);2*1-2H3;1H4;1H3. The minimum atomic E-state index is -0.237. The molecular weight excluding hydrogens is 392 g/mol. The van der Waals surface area contributed by atoms with Crippen molar-refractivity contribution in [1.29, 1.82) is 0 Å². The molecule has 0 aliphatic carbocycles. The summed E-state index contributed by atoms with van der Waals surface area (Å²) in [5, 5.41) is 0. The zero-order valence-electron chi connectivity index (χ0n) is 18.2. The summed E-state index contributed by atoms with van der Waals surface area (Å²) in [5.74, 6) is 1.68. The highest BCUT2D eigenvalue weighted by molar-refractivity contribution is 5.83. The molecule has 0 aliphatic rings. The van der Waals surface area contributed by atoms with Crippen molar-refractivity contribution >= 4 is 17.0 Å². The number of aromatic nitrogens is 4. The molecule has 0 atom stereocenters. The highest BCUT2D eigenvalue weighted by Crippen LogP contribution is 2.24. The predicted octanol–water partition coefficient (Wildman–Crippen LogP) is 5.34. The molecule has 168 valence electrons. The summed E-state index contributed by atoms with van der Waals surface area (Å²) >= 11 is 0. The second kappa shape index (κ2) is 12.8. The summed E-state index contributed by atoms with van der Waals surface area (Å²) in [6.07, 6.45) is 1.35. The van der Waals surface area contributed by atoms with E-state index in [-0.39, 0.29) is 25.1 Å². The molecule has 0 saturated heterocycles. The second-order valence-electron chi connectivity index (χ2n) is 5.52. The average Bonchev–Trinajstić information content (AvgIpc) is 3.04. The van der Waals surface area contributed by atoms with Crippen LogP contribution in [-0.2, 0) is 7.05 Å². The van der Waals surface area contributed by atoms with Crippen molar-refractivity contribution in [1.82, 2.24) is 25.3 Å². The van der Waals surface area contributed by atoms with Gasteiger partial charge in [0, 0.05) is 7.05 Å². The zero-order chi connectivity index (χ0) is 21.4. The summed E-state index contributed by atoms with van der Waals surface area (Å²) in [4.78, 5) is 20.7. The molecular formula is C23H34N6O2. The number of nitrogens with zero attached hydrogens (tertiary/aromatic N) is 4. The smallest absolute Gasteiger partial charge is 0.334 e. The molecule has 0 aliphatic heterocycles. The molecule has 8 heteroatoms. The Labute approximate surface area is 183 Å². The van der Waals surface area contributed by atoms with Crippen LogP contribution in [-0.4, -0.2) is 19.1 Å². The molecule has 2 aromatic carbocycles. The zero-order valence-corrected chi connectivity index (χ0v) is 18.2. The molecule has 0 unspecified atom stereocenters. The Morgan fingerprint density at radius 1 is 0.871 bits per heavy atom. The first-order chi connectivity index (χ1) is 14.1. The molecule has 5 N–H and O–H groups in total. The topological polar surface area (TPSA) is 123 Å². The molecule has 4 rings (SSSR count). The number of benzene rings is 2. The van der Waals surface area contributed by atoms with Crippen LogP contribution >= 0.6 is 0 Å².